The highest BCUT2D eigenvalue weighted by molar-refractivity contribution is 4.71. The molecule has 0 bridgehead atoms. The number of nitrogens with one attached hydrogen (secondary N) is 1. The van der Waals surface area contributed by atoms with Gasteiger partial charge in [0.1, 0.15) is 0 Å². The maximum Gasteiger partial charge on any atom is 0.0465 e. The maximum atomic E-state index is 5.08. The molecule has 13 heavy (non-hydrogen) atoms. The summed E-state index contributed by atoms with van der Waals surface area (Å²) >= 11 is 0. The van der Waals surface area contributed by atoms with E-state index in [0.717, 1.165) is 25.5 Å². The van der Waals surface area contributed by atoms with Crippen LogP contribution in [0.4, 0.5) is 0 Å². The van der Waals surface area contributed by atoms with Crippen molar-refractivity contribution in [2.75, 3.05) is 20.3 Å². The fraction of sp³-hybridized carbons (Fsp3) is 1.00. The van der Waals surface area contributed by atoms with E-state index in [1.807, 2.05) is 0 Å². The Labute approximate surface area is 83.1 Å². The second-order valence-corrected chi connectivity index (χ2v) is 3.73. The Morgan fingerprint density at radius 3 is 2.46 bits per heavy atom. The lowest BCUT2D eigenvalue weighted by atomic mass is 9.96. The minimum Gasteiger partial charge on any atom is -0.385 e. The van der Waals surface area contributed by atoms with E-state index >= 15 is 0 Å². The summed E-state index contributed by atoms with van der Waals surface area (Å²) in [5.41, 5.74) is 0. The molecule has 0 rings (SSSR count). The minimum atomic E-state index is 0.662. The Morgan fingerprint density at radius 2 is 2.00 bits per heavy atom. The SMILES string of the molecule is CCCNC(CC)C(C)CCOC. The second-order valence-electron chi connectivity index (χ2n) is 3.73. The van der Waals surface area contributed by atoms with E-state index < -0.39 is 0 Å². The number of hydrogen-bond acceptors (Lipinski definition) is 2. The molecule has 2 nitrogen and oxygen atoms in total. The first-order valence-corrected chi connectivity index (χ1v) is 5.48. The predicted molar refractivity (Wildman–Crippen MR) is 58.0 cm³/mol. The Kier molecular flexibility index (Phi) is 8.46. The van der Waals surface area contributed by atoms with Crippen molar-refractivity contribution < 1.29 is 4.74 Å². The summed E-state index contributed by atoms with van der Waals surface area (Å²) in [4.78, 5) is 0. The van der Waals surface area contributed by atoms with E-state index in [2.05, 4.69) is 26.1 Å². The van der Waals surface area contributed by atoms with Crippen LogP contribution in [0.3, 0.4) is 0 Å². The first-order chi connectivity index (χ1) is 6.26. The van der Waals surface area contributed by atoms with E-state index in [-0.39, 0.29) is 0 Å². The molecule has 0 aliphatic carbocycles. The highest BCUT2D eigenvalue weighted by Crippen LogP contribution is 2.11. The van der Waals surface area contributed by atoms with Gasteiger partial charge in [-0.3, -0.25) is 0 Å². The van der Waals surface area contributed by atoms with Crippen molar-refractivity contribution in [3.8, 4) is 0 Å². The summed E-state index contributed by atoms with van der Waals surface area (Å²) in [5.74, 6) is 0.719. The molecule has 0 radical (unpaired) electrons. The summed E-state index contributed by atoms with van der Waals surface area (Å²) in [5, 5.41) is 3.57. The van der Waals surface area contributed by atoms with E-state index in [0.29, 0.717) is 6.04 Å². The molecule has 0 aromatic heterocycles. The predicted octanol–water partition coefficient (Wildman–Crippen LogP) is 2.44. The van der Waals surface area contributed by atoms with Gasteiger partial charge >= 0.3 is 0 Å². The van der Waals surface area contributed by atoms with Gasteiger partial charge in [0.15, 0.2) is 0 Å². The van der Waals surface area contributed by atoms with Gasteiger partial charge in [0.25, 0.3) is 0 Å². The minimum absolute atomic E-state index is 0.662. The normalized spacial score (nSPS) is 15.7. The van der Waals surface area contributed by atoms with Crippen LogP contribution in [0.5, 0.6) is 0 Å². The van der Waals surface area contributed by atoms with Crippen LogP contribution in [0.25, 0.3) is 0 Å². The third-order valence-electron chi connectivity index (χ3n) is 2.56. The summed E-state index contributed by atoms with van der Waals surface area (Å²) < 4.78 is 5.08. The molecule has 0 fully saturated rings. The van der Waals surface area contributed by atoms with Gasteiger partial charge in [-0.15, -0.1) is 0 Å². The van der Waals surface area contributed by atoms with Crippen molar-refractivity contribution >= 4 is 0 Å². The number of methoxy groups -OCH3 is 1. The largest absolute Gasteiger partial charge is 0.385 e. The molecule has 0 aliphatic heterocycles. The molecule has 0 saturated heterocycles. The van der Waals surface area contributed by atoms with E-state index in [1.54, 1.807) is 7.11 Å². The van der Waals surface area contributed by atoms with Gasteiger partial charge < -0.3 is 10.1 Å². The molecule has 2 heteroatoms. The molecule has 1 N–H and O–H groups in total. The maximum absolute atomic E-state index is 5.08. The highest BCUT2D eigenvalue weighted by Gasteiger charge is 2.13. The van der Waals surface area contributed by atoms with Crippen molar-refractivity contribution in [2.24, 2.45) is 5.92 Å². The second kappa shape index (κ2) is 8.52. The van der Waals surface area contributed by atoms with Gasteiger partial charge in [-0.25, -0.2) is 0 Å². The smallest absolute Gasteiger partial charge is 0.0465 e. The fourth-order valence-electron chi connectivity index (χ4n) is 1.58. The number of ether oxygens (including phenoxy) is 1. The Bertz CT molecular complexity index is 106. The molecule has 0 spiro atoms. The number of hydrogen-bond donors (Lipinski definition) is 1. The topological polar surface area (TPSA) is 21.3 Å². The first kappa shape index (κ1) is 12.9. The molecule has 2 atom stereocenters. The van der Waals surface area contributed by atoms with Crippen LogP contribution in [-0.4, -0.2) is 26.3 Å². The monoisotopic (exact) mass is 187 g/mol. The van der Waals surface area contributed by atoms with Gasteiger partial charge in [0, 0.05) is 19.8 Å². The fourth-order valence-corrected chi connectivity index (χ4v) is 1.58. The zero-order valence-corrected chi connectivity index (χ0v) is 9.60. The lowest BCUT2D eigenvalue weighted by Crippen LogP contribution is -2.35. The van der Waals surface area contributed by atoms with Gasteiger partial charge in [-0.2, -0.15) is 0 Å². The van der Waals surface area contributed by atoms with Crippen LogP contribution in [-0.2, 0) is 4.74 Å². The van der Waals surface area contributed by atoms with Gasteiger partial charge in [-0.05, 0) is 31.7 Å². The van der Waals surface area contributed by atoms with Crippen LogP contribution in [0.2, 0.25) is 0 Å². The molecule has 80 valence electrons. The summed E-state index contributed by atoms with van der Waals surface area (Å²) in [6, 6.07) is 0.662. The van der Waals surface area contributed by atoms with Crippen molar-refractivity contribution in [1.29, 1.82) is 0 Å². The molecule has 0 amide bonds. The number of rotatable bonds is 8. The zero-order valence-electron chi connectivity index (χ0n) is 9.60. The van der Waals surface area contributed by atoms with Gasteiger partial charge in [0.2, 0.25) is 0 Å². The van der Waals surface area contributed by atoms with Crippen LogP contribution >= 0.6 is 0 Å². The Balaban J connectivity index is 3.63. The molecule has 0 aromatic carbocycles. The average molecular weight is 187 g/mol. The standard InChI is InChI=1S/C11H25NO/c1-5-8-12-11(6-2)10(3)7-9-13-4/h10-12H,5-9H2,1-4H3. The lowest BCUT2D eigenvalue weighted by molar-refractivity contribution is 0.169. The molecular weight excluding hydrogens is 162 g/mol. The molecular formula is C11H25NO. The van der Waals surface area contributed by atoms with Crippen molar-refractivity contribution in [3.63, 3.8) is 0 Å². The summed E-state index contributed by atoms with van der Waals surface area (Å²) in [7, 11) is 1.77. The molecule has 0 aliphatic rings. The molecule has 0 aromatic rings. The van der Waals surface area contributed by atoms with Crippen LogP contribution in [0, 0.1) is 5.92 Å². The van der Waals surface area contributed by atoms with Crippen molar-refractivity contribution in [3.05, 3.63) is 0 Å². The molecule has 0 saturated carbocycles. The Morgan fingerprint density at radius 1 is 1.31 bits per heavy atom. The summed E-state index contributed by atoms with van der Waals surface area (Å²) in [6.07, 6.45) is 3.59. The van der Waals surface area contributed by atoms with Crippen molar-refractivity contribution in [1.82, 2.24) is 5.32 Å². The zero-order chi connectivity index (χ0) is 10.1. The van der Waals surface area contributed by atoms with E-state index in [9.17, 15) is 0 Å². The molecule has 2 unspecified atom stereocenters. The van der Waals surface area contributed by atoms with Crippen LogP contribution < -0.4 is 5.32 Å². The highest BCUT2D eigenvalue weighted by atomic mass is 16.5. The van der Waals surface area contributed by atoms with E-state index in [4.69, 9.17) is 4.74 Å². The Hall–Kier alpha value is -0.0800. The van der Waals surface area contributed by atoms with E-state index in [1.165, 1.54) is 12.8 Å². The summed E-state index contributed by atoms with van der Waals surface area (Å²) in [6.45, 7) is 8.77. The van der Waals surface area contributed by atoms with Gasteiger partial charge in [0.05, 0.1) is 0 Å². The third-order valence-corrected chi connectivity index (χ3v) is 2.56. The lowest BCUT2D eigenvalue weighted by Gasteiger charge is -2.23. The third kappa shape index (κ3) is 6.05. The average Bonchev–Trinajstić information content (AvgIpc) is 2.16. The van der Waals surface area contributed by atoms with Gasteiger partial charge in [-0.1, -0.05) is 20.8 Å². The van der Waals surface area contributed by atoms with Crippen LogP contribution in [0.1, 0.15) is 40.0 Å². The van der Waals surface area contributed by atoms with Crippen LogP contribution in [0.15, 0.2) is 0 Å². The quantitative estimate of drug-likeness (QED) is 0.630. The molecule has 0 heterocycles. The van der Waals surface area contributed by atoms with Crippen molar-refractivity contribution in [2.45, 2.75) is 46.1 Å². The first-order valence-electron chi connectivity index (χ1n) is 5.48.